The number of carbonyl (C=O) groups excluding carboxylic acids is 11. The number of nitrogens with zero attached hydrogens (tertiary/aromatic N) is 13. The minimum atomic E-state index is -1.01. The number of pyridine rings is 6. The highest BCUT2D eigenvalue weighted by molar-refractivity contribution is 6.14. The number of β-lactam (4-membered cyclic amide) rings is 3. The Morgan fingerprint density at radius 2 is 0.803 bits per heavy atom. The van der Waals surface area contributed by atoms with Gasteiger partial charge in [0.1, 0.15) is 64.0 Å². The smallest absolute Gasteiger partial charge is 0.416 e. The molecule has 16 rings (SSSR count). The topological polar surface area (TPSA) is 398 Å². The average Bonchev–Trinajstić information content (AvgIpc) is 1.49. The number of nitrogens with two attached hydrogens (primary N) is 2. The molecule has 9 heterocycles. The van der Waals surface area contributed by atoms with Gasteiger partial charge in [-0.1, -0.05) is 103 Å². The summed E-state index contributed by atoms with van der Waals surface area (Å²) in [6, 6.07) is 61.2. The van der Waals surface area contributed by atoms with Crippen molar-refractivity contribution in [2.75, 3.05) is 65.6 Å². The van der Waals surface area contributed by atoms with Gasteiger partial charge in [-0.15, -0.1) is 0 Å². The molecule has 5 aromatic carbocycles. The molecule has 5 aliphatic rings. The first-order valence-corrected chi connectivity index (χ1v) is 45.3. The van der Waals surface area contributed by atoms with Crippen LogP contribution < -0.4 is 55.5 Å². The van der Waals surface area contributed by atoms with E-state index in [-0.39, 0.29) is 67.9 Å². The molecule has 0 radical (unpaired) electrons. The molecule has 11 aromatic rings. The van der Waals surface area contributed by atoms with Crippen molar-refractivity contribution in [3.63, 3.8) is 0 Å². The first-order chi connectivity index (χ1) is 65.7. The van der Waals surface area contributed by atoms with E-state index >= 15 is 0 Å². The Bertz CT molecular complexity index is 6040. The van der Waals surface area contributed by atoms with Crippen LogP contribution in [0.1, 0.15) is 131 Å². The second-order valence-corrected chi connectivity index (χ2v) is 36.1. The second kappa shape index (κ2) is 44.9. The predicted molar refractivity (Wildman–Crippen MR) is 515 cm³/mol. The zero-order valence-electron chi connectivity index (χ0n) is 78.5. The molecule has 11 amide bonds. The maximum atomic E-state index is 14.2. The standard InChI is InChI=1S/C41H45N5O6.C29H33N5O5.C18H18O2.C17H18N6O3/c1-41(2,3)52-40(50)45(26-27-11-15-32(51-5)16-12-27)35-24-28(17-22-43-35)23-34-37(39(49)44(4)31-18-20-42-21-19-31)46(38(34)48)36(47)25-33(30-13-14-30)29-9-7-6-8-10-29;1-29(2,3)39-28(37)34(18-19-6-8-22(38-5)9-7-19)24-17-20(10-15-31-24)16-23-25(32-26(23)35)27(36)33(4)21-11-13-30-14-12-21;19-18(20-16-9-5-2-6-10-16)13-17(15-11-12-15)14-7-3-1-4-8-14;1-22(11-3-5-20-6-4-11)16(25)14-12(15(24)23(14)17(19)26)8-10-2-7-21-13(18)9-10/h6-12,15-22,24,30,33-34,37H,13-14,23,25-26H2,1-5H3;6-15,17,23,25H,16,18H2,1-5H3,(H,32,35);1-10,15,17H,11-13H2;2-7,9,12,14H,8H2,1H3,(H2,18,21)(H2,19,26)/t33-,34+,37-;23-,25+;17-;12-,14+/m0101/s1. The summed E-state index contributed by atoms with van der Waals surface area (Å²) in [5, 5.41) is 2.73. The Morgan fingerprint density at radius 3 is 1.19 bits per heavy atom. The fourth-order valence-electron chi connectivity index (χ4n) is 16.6. The molecule has 2 aliphatic carbocycles. The maximum absolute atomic E-state index is 14.2. The number of aromatic nitrogens is 6. The minimum absolute atomic E-state index is 0.0264. The summed E-state index contributed by atoms with van der Waals surface area (Å²) in [6.45, 7) is 11.2. The number of carbonyl (C=O) groups is 11. The number of methoxy groups -OCH3 is 2. The zero-order chi connectivity index (χ0) is 97.8. The fourth-order valence-corrected chi connectivity index (χ4v) is 16.6. The van der Waals surface area contributed by atoms with Gasteiger partial charge in [0.25, 0.3) is 11.8 Å². The third-order valence-corrected chi connectivity index (χ3v) is 24.1. The summed E-state index contributed by atoms with van der Waals surface area (Å²) in [4.78, 5) is 178. The van der Waals surface area contributed by atoms with Gasteiger partial charge in [0.2, 0.25) is 29.5 Å². The van der Waals surface area contributed by atoms with E-state index in [4.69, 9.17) is 35.2 Å². The molecule has 32 nitrogen and oxygen atoms in total. The second-order valence-electron chi connectivity index (χ2n) is 36.1. The summed E-state index contributed by atoms with van der Waals surface area (Å²) in [7, 11) is 8.06. The van der Waals surface area contributed by atoms with Gasteiger partial charge < -0.3 is 55.2 Å². The number of urea groups is 1. The van der Waals surface area contributed by atoms with Gasteiger partial charge in [0.15, 0.2) is 0 Å². The van der Waals surface area contributed by atoms with Gasteiger partial charge in [-0.25, -0.2) is 29.3 Å². The lowest BCUT2D eigenvalue weighted by atomic mass is 9.80. The van der Waals surface area contributed by atoms with E-state index in [9.17, 15) is 52.7 Å². The van der Waals surface area contributed by atoms with E-state index in [0.717, 1.165) is 45.6 Å². The van der Waals surface area contributed by atoms with E-state index in [2.05, 4.69) is 47.4 Å². The number of nitrogen functional groups attached to an aromatic ring is 1. The molecule has 2 saturated carbocycles. The van der Waals surface area contributed by atoms with Crippen LogP contribution in [0.3, 0.4) is 0 Å². The molecule has 6 aromatic heterocycles. The number of hydrogen-bond donors (Lipinski definition) is 3. The molecule has 8 atom stereocenters. The van der Waals surface area contributed by atoms with Crippen molar-refractivity contribution >= 4 is 100 Å². The van der Waals surface area contributed by atoms with Crippen LogP contribution in [0.25, 0.3) is 0 Å². The van der Waals surface area contributed by atoms with Crippen LogP contribution in [0.2, 0.25) is 0 Å². The van der Waals surface area contributed by atoms with Gasteiger partial charge >= 0.3 is 24.2 Å². The number of para-hydroxylation sites is 1. The van der Waals surface area contributed by atoms with Crippen LogP contribution in [-0.4, -0.2) is 170 Å². The number of hydrogen-bond acceptors (Lipinski definition) is 23. The van der Waals surface area contributed by atoms with E-state index in [1.165, 1.54) is 54.0 Å². The number of rotatable bonds is 29. The summed E-state index contributed by atoms with van der Waals surface area (Å²) >= 11 is 0. The Morgan fingerprint density at radius 1 is 0.431 bits per heavy atom. The summed E-state index contributed by atoms with van der Waals surface area (Å²) in [5.74, 6) is -0.255. The molecule has 32 heteroatoms. The lowest BCUT2D eigenvalue weighted by Crippen LogP contribution is -2.70. The number of anilines is 6. The Balaban J connectivity index is 0.000000164. The van der Waals surface area contributed by atoms with Crippen molar-refractivity contribution < 1.29 is 76.4 Å². The van der Waals surface area contributed by atoms with Crippen LogP contribution in [0.15, 0.2) is 268 Å². The quantitative estimate of drug-likeness (QED) is 0.0223. The van der Waals surface area contributed by atoms with Gasteiger partial charge in [0.05, 0.1) is 51.5 Å². The number of esters is 1. The molecular formula is C105H114N16O16. The third-order valence-electron chi connectivity index (χ3n) is 24.1. The number of amides is 11. The Labute approximate surface area is 796 Å². The highest BCUT2D eigenvalue weighted by atomic mass is 16.6. The fraction of sp³-hybridized carbons (Fsp3) is 0.324. The molecule has 0 spiro atoms. The SMILES string of the molecule is CN(C(=O)[C@@H]1[C@@H](Cc2ccnc(N)c2)C(=O)N1C(N)=O)c1ccncc1.COc1ccc(CN(C(=O)OC(C)(C)C)c2cc(C[C@H]3C(=O)N(C(=O)C[C@@H](c4ccccc4)C4CC4)[C@@H]3C(=O)N(C)c3ccncc3)ccn2)cc1.COc1ccc(CN(C(=O)OC(C)(C)C)c2cc(C[C@H]3C(=O)N[C@@H]3C(=O)N(C)c3ccncc3)ccn2)cc1.O=C(C[C@@H](c1ccccc1)C1CC1)Oc1ccccc1. The maximum Gasteiger partial charge on any atom is 0.416 e. The van der Waals surface area contributed by atoms with Crippen molar-refractivity contribution in [3.05, 3.63) is 307 Å². The highest BCUT2D eigenvalue weighted by Crippen LogP contribution is 2.47. The average molecular weight is 1860 g/mol. The van der Waals surface area contributed by atoms with Crippen LogP contribution >= 0.6 is 0 Å². The number of likely N-dealkylation sites (N-methyl/N-ethyl adjacent to an activating group) is 3. The first kappa shape index (κ1) is 98.9. The van der Waals surface area contributed by atoms with Crippen LogP contribution in [-0.2, 0) is 80.2 Å². The minimum Gasteiger partial charge on any atom is -0.497 e. The summed E-state index contributed by atoms with van der Waals surface area (Å²) < 4.78 is 27.3. The van der Waals surface area contributed by atoms with Gasteiger partial charge in [-0.3, -0.25) is 72.9 Å². The summed E-state index contributed by atoms with van der Waals surface area (Å²) in [6.07, 6.45) is 18.9. The Hall–Kier alpha value is -15.6. The number of benzene rings is 5. The molecule has 3 saturated heterocycles. The lowest BCUT2D eigenvalue weighted by Gasteiger charge is -2.46. The van der Waals surface area contributed by atoms with Crippen molar-refractivity contribution in [2.45, 2.75) is 154 Å². The monoisotopic (exact) mass is 1850 g/mol. The van der Waals surface area contributed by atoms with Crippen molar-refractivity contribution in [1.82, 2.24) is 45.0 Å². The third kappa shape index (κ3) is 26.1. The first-order valence-electron chi connectivity index (χ1n) is 45.3. The van der Waals surface area contributed by atoms with Crippen molar-refractivity contribution in [1.29, 1.82) is 0 Å². The number of nitrogens with one attached hydrogen (secondary N) is 1. The molecule has 137 heavy (non-hydrogen) atoms. The zero-order valence-corrected chi connectivity index (χ0v) is 78.5. The largest absolute Gasteiger partial charge is 0.497 e. The van der Waals surface area contributed by atoms with Crippen molar-refractivity contribution in [3.8, 4) is 17.2 Å². The lowest BCUT2D eigenvalue weighted by molar-refractivity contribution is -0.170. The van der Waals surface area contributed by atoms with E-state index in [0.29, 0.717) is 87.9 Å². The van der Waals surface area contributed by atoms with E-state index in [1.807, 2.05) is 127 Å². The number of imide groups is 2. The molecule has 710 valence electrons. The van der Waals surface area contributed by atoms with Gasteiger partial charge in [-0.05, 0) is 258 Å². The van der Waals surface area contributed by atoms with Gasteiger partial charge in [0, 0.05) is 100 Å². The molecule has 0 unspecified atom stereocenters. The normalized spacial score (nSPS) is 17.2. The van der Waals surface area contributed by atoms with Gasteiger partial charge in [-0.2, -0.15) is 0 Å². The van der Waals surface area contributed by atoms with E-state index in [1.54, 1.807) is 199 Å². The molecule has 5 fully saturated rings. The molecule has 3 aliphatic heterocycles. The number of primary amides is 1. The number of likely N-dealkylation sites (tertiary alicyclic amines) is 2. The van der Waals surface area contributed by atoms with Crippen LogP contribution in [0.5, 0.6) is 17.2 Å². The molecular weight excluding hydrogens is 1740 g/mol. The Kier molecular flexibility index (Phi) is 32.4. The van der Waals surface area contributed by atoms with E-state index < -0.39 is 83.0 Å². The van der Waals surface area contributed by atoms with Crippen LogP contribution in [0, 0.1) is 29.6 Å². The predicted octanol–water partition coefficient (Wildman–Crippen LogP) is 14.7. The van der Waals surface area contributed by atoms with Crippen molar-refractivity contribution in [2.24, 2.45) is 35.3 Å². The van der Waals surface area contributed by atoms with Crippen LogP contribution in [0.4, 0.5) is 48.9 Å². The molecule has 5 N–H and O–H groups in total. The highest BCUT2D eigenvalue weighted by Gasteiger charge is 2.57. The number of ether oxygens (including phenoxy) is 5. The molecule has 0 bridgehead atoms. The summed E-state index contributed by atoms with van der Waals surface area (Å²) in [5.41, 5.74) is 17.6.